The van der Waals surface area contributed by atoms with Crippen molar-refractivity contribution in [2.75, 3.05) is 18.2 Å². The van der Waals surface area contributed by atoms with Crippen LogP contribution in [0.5, 0.6) is 0 Å². The third-order valence-corrected chi connectivity index (χ3v) is 4.25. The molecule has 1 aromatic carbocycles. The van der Waals surface area contributed by atoms with Gasteiger partial charge in [-0.1, -0.05) is 11.8 Å². The van der Waals surface area contributed by atoms with Gasteiger partial charge >= 0.3 is 0 Å². The molecule has 1 amide bonds. The highest BCUT2D eigenvalue weighted by Crippen LogP contribution is 2.19. The zero-order valence-electron chi connectivity index (χ0n) is 11.6. The molecule has 0 saturated carbocycles. The van der Waals surface area contributed by atoms with Gasteiger partial charge in [-0.15, -0.1) is 23.1 Å². The molecular formula is C16H15NO2S2. The zero-order valence-corrected chi connectivity index (χ0v) is 13.2. The largest absolute Gasteiger partial charge is 0.395 e. The van der Waals surface area contributed by atoms with Crippen molar-refractivity contribution in [3.05, 3.63) is 46.2 Å². The van der Waals surface area contributed by atoms with E-state index in [1.807, 2.05) is 30.5 Å². The summed E-state index contributed by atoms with van der Waals surface area (Å²) in [4.78, 5) is 14.1. The molecule has 0 spiro atoms. The Hall–Kier alpha value is -1.74. The van der Waals surface area contributed by atoms with Crippen molar-refractivity contribution >= 4 is 34.7 Å². The first-order valence-corrected chi connectivity index (χ1v) is 8.47. The Morgan fingerprint density at radius 3 is 2.81 bits per heavy atom. The summed E-state index contributed by atoms with van der Waals surface area (Å²) >= 11 is 3.09. The summed E-state index contributed by atoms with van der Waals surface area (Å²) in [6.07, 6.45) is 2.46. The summed E-state index contributed by atoms with van der Waals surface area (Å²) < 4.78 is 0. The fraction of sp³-hybridized carbons (Fsp3) is 0.188. The van der Waals surface area contributed by atoms with Gasteiger partial charge in [0.15, 0.2) is 0 Å². The molecule has 0 aliphatic carbocycles. The molecule has 108 valence electrons. The van der Waals surface area contributed by atoms with E-state index in [1.165, 1.54) is 11.3 Å². The first-order chi connectivity index (χ1) is 10.2. The van der Waals surface area contributed by atoms with E-state index in [0.717, 1.165) is 15.5 Å². The lowest BCUT2D eigenvalue weighted by Crippen LogP contribution is -2.10. The Morgan fingerprint density at radius 2 is 2.14 bits per heavy atom. The van der Waals surface area contributed by atoms with Crippen LogP contribution in [-0.4, -0.2) is 23.9 Å². The molecule has 2 rings (SSSR count). The average molecular weight is 317 g/mol. The van der Waals surface area contributed by atoms with E-state index in [9.17, 15) is 4.79 Å². The SMILES string of the molecule is CSc1ccc(NC(=O)c2csc(C#CCCO)c2)cc1. The quantitative estimate of drug-likeness (QED) is 0.671. The lowest BCUT2D eigenvalue weighted by molar-refractivity contribution is 0.102. The van der Waals surface area contributed by atoms with E-state index in [4.69, 9.17) is 5.11 Å². The number of thioether (sulfide) groups is 1. The van der Waals surface area contributed by atoms with E-state index in [0.29, 0.717) is 12.0 Å². The van der Waals surface area contributed by atoms with Gasteiger partial charge in [0.2, 0.25) is 0 Å². The van der Waals surface area contributed by atoms with Crippen LogP contribution in [-0.2, 0) is 0 Å². The van der Waals surface area contributed by atoms with E-state index in [-0.39, 0.29) is 12.5 Å². The number of hydrogen-bond acceptors (Lipinski definition) is 4. The van der Waals surface area contributed by atoms with Gasteiger partial charge < -0.3 is 10.4 Å². The van der Waals surface area contributed by atoms with Gasteiger partial charge in [-0.25, -0.2) is 0 Å². The number of hydrogen-bond donors (Lipinski definition) is 2. The lowest BCUT2D eigenvalue weighted by Gasteiger charge is -2.04. The first-order valence-electron chi connectivity index (χ1n) is 6.36. The summed E-state index contributed by atoms with van der Waals surface area (Å²) in [7, 11) is 0. The molecule has 0 saturated heterocycles. The maximum atomic E-state index is 12.1. The lowest BCUT2D eigenvalue weighted by atomic mass is 10.2. The number of benzene rings is 1. The molecule has 0 radical (unpaired) electrons. The smallest absolute Gasteiger partial charge is 0.256 e. The molecule has 21 heavy (non-hydrogen) atoms. The monoisotopic (exact) mass is 317 g/mol. The van der Waals surface area contributed by atoms with Crippen molar-refractivity contribution in [2.24, 2.45) is 0 Å². The van der Waals surface area contributed by atoms with Gasteiger partial charge in [-0.05, 0) is 36.6 Å². The van der Waals surface area contributed by atoms with Crippen molar-refractivity contribution in [2.45, 2.75) is 11.3 Å². The molecule has 0 unspecified atom stereocenters. The second kappa shape index (κ2) is 7.89. The highest BCUT2D eigenvalue weighted by atomic mass is 32.2. The second-order valence-electron chi connectivity index (χ2n) is 4.16. The summed E-state index contributed by atoms with van der Waals surface area (Å²) in [5.41, 5.74) is 1.37. The number of thiophene rings is 1. The molecule has 0 fully saturated rings. The first kappa shape index (κ1) is 15.6. The normalized spacial score (nSPS) is 9.81. The van der Waals surface area contributed by atoms with Crippen molar-refractivity contribution in [3.63, 3.8) is 0 Å². The van der Waals surface area contributed by atoms with Gasteiger partial charge in [0.25, 0.3) is 5.91 Å². The number of rotatable bonds is 4. The van der Waals surface area contributed by atoms with Crippen molar-refractivity contribution in [1.29, 1.82) is 0 Å². The van der Waals surface area contributed by atoms with Gasteiger partial charge in [-0.3, -0.25) is 4.79 Å². The number of aliphatic hydroxyl groups excluding tert-OH is 1. The van der Waals surface area contributed by atoms with Crippen LogP contribution >= 0.6 is 23.1 Å². The fourth-order valence-electron chi connectivity index (χ4n) is 1.60. The van der Waals surface area contributed by atoms with Crippen LogP contribution in [0.1, 0.15) is 21.7 Å². The van der Waals surface area contributed by atoms with Crippen LogP contribution in [0.3, 0.4) is 0 Å². The summed E-state index contributed by atoms with van der Waals surface area (Å²) in [5, 5.41) is 13.3. The van der Waals surface area contributed by atoms with Gasteiger partial charge in [0, 0.05) is 22.4 Å². The molecule has 0 aliphatic heterocycles. The Balaban J connectivity index is 2.01. The molecule has 5 heteroatoms. The Kier molecular flexibility index (Phi) is 5.88. The molecular weight excluding hydrogens is 302 g/mol. The number of carbonyl (C=O) groups is 1. The molecule has 1 heterocycles. The number of nitrogens with one attached hydrogen (secondary N) is 1. The topological polar surface area (TPSA) is 49.3 Å². The molecule has 2 aromatic rings. The van der Waals surface area contributed by atoms with E-state index >= 15 is 0 Å². The minimum Gasteiger partial charge on any atom is -0.395 e. The molecule has 1 aromatic heterocycles. The van der Waals surface area contributed by atoms with Crippen molar-refractivity contribution in [3.8, 4) is 11.8 Å². The van der Waals surface area contributed by atoms with Gasteiger partial charge in [0.1, 0.15) is 0 Å². The van der Waals surface area contributed by atoms with E-state index < -0.39 is 0 Å². The minimum atomic E-state index is -0.140. The van der Waals surface area contributed by atoms with Crippen LogP contribution in [0.15, 0.2) is 40.6 Å². The van der Waals surface area contributed by atoms with Crippen LogP contribution in [0, 0.1) is 11.8 Å². The molecule has 0 atom stereocenters. The summed E-state index contributed by atoms with van der Waals surface area (Å²) in [6.45, 7) is 0.0533. The third-order valence-electron chi connectivity index (χ3n) is 2.66. The average Bonchev–Trinajstić information content (AvgIpc) is 2.97. The number of anilines is 1. The molecule has 0 aliphatic rings. The van der Waals surface area contributed by atoms with E-state index in [2.05, 4.69) is 17.2 Å². The van der Waals surface area contributed by atoms with Crippen LogP contribution in [0.4, 0.5) is 5.69 Å². The Labute approximate surface area is 132 Å². The van der Waals surface area contributed by atoms with Crippen LogP contribution < -0.4 is 5.32 Å². The predicted octanol–water partition coefficient (Wildman–Crippen LogP) is 3.46. The summed E-state index contributed by atoms with van der Waals surface area (Å²) in [6, 6.07) is 9.48. The minimum absolute atomic E-state index is 0.0533. The molecule has 3 nitrogen and oxygen atoms in total. The highest BCUT2D eigenvalue weighted by Gasteiger charge is 2.08. The van der Waals surface area contributed by atoms with Gasteiger partial charge in [0.05, 0.1) is 17.0 Å². The maximum Gasteiger partial charge on any atom is 0.256 e. The van der Waals surface area contributed by atoms with Gasteiger partial charge in [-0.2, -0.15) is 0 Å². The summed E-state index contributed by atoms with van der Waals surface area (Å²) in [5.74, 6) is 5.63. The van der Waals surface area contributed by atoms with Crippen molar-refractivity contribution in [1.82, 2.24) is 0 Å². The zero-order chi connectivity index (χ0) is 15.1. The van der Waals surface area contributed by atoms with Crippen LogP contribution in [0.25, 0.3) is 0 Å². The van der Waals surface area contributed by atoms with Crippen LogP contribution in [0.2, 0.25) is 0 Å². The second-order valence-corrected chi connectivity index (χ2v) is 5.95. The van der Waals surface area contributed by atoms with Crippen molar-refractivity contribution < 1.29 is 9.90 Å². The number of aliphatic hydroxyl groups is 1. The predicted molar refractivity (Wildman–Crippen MR) is 89.1 cm³/mol. The fourth-order valence-corrected chi connectivity index (χ4v) is 2.77. The maximum absolute atomic E-state index is 12.1. The Morgan fingerprint density at radius 1 is 1.38 bits per heavy atom. The molecule has 0 bridgehead atoms. The number of amides is 1. The Bertz CT molecular complexity index is 666. The number of carbonyl (C=O) groups excluding carboxylic acids is 1. The van der Waals surface area contributed by atoms with E-state index in [1.54, 1.807) is 23.2 Å². The third kappa shape index (κ3) is 4.64. The molecule has 2 N–H and O–H groups in total. The standard InChI is InChI=1S/C16H15NO2S2/c1-20-14-7-5-13(6-8-14)17-16(19)12-10-15(21-11-12)4-2-3-9-18/h5-8,10-11,18H,3,9H2,1H3,(H,17,19). The highest BCUT2D eigenvalue weighted by molar-refractivity contribution is 7.98.